The van der Waals surface area contributed by atoms with E-state index < -0.39 is 0 Å². The first-order valence-electron chi connectivity index (χ1n) is 4.00. The highest BCUT2D eigenvalue weighted by molar-refractivity contribution is 9.10. The quantitative estimate of drug-likeness (QED) is 0.796. The molecule has 0 spiro atoms. The second-order valence-corrected chi connectivity index (χ2v) is 3.87. The minimum absolute atomic E-state index is 0.431. The van der Waals surface area contributed by atoms with E-state index in [0.717, 1.165) is 0 Å². The van der Waals surface area contributed by atoms with Gasteiger partial charge in [0.05, 0.1) is 11.2 Å². The van der Waals surface area contributed by atoms with E-state index in [1.165, 1.54) is 12.5 Å². The summed E-state index contributed by atoms with van der Waals surface area (Å²) in [5.41, 5.74) is 0. The number of hydrogen-bond acceptors (Lipinski definition) is 4. The van der Waals surface area contributed by atoms with Gasteiger partial charge in [-0.3, -0.25) is 4.98 Å². The molecule has 0 aliphatic carbocycles. The molecule has 2 rings (SSSR count). The second kappa shape index (κ2) is 4.55. The Hall–Kier alpha value is -1.20. The van der Waals surface area contributed by atoms with Gasteiger partial charge in [0.1, 0.15) is 16.7 Å². The third kappa shape index (κ3) is 2.87. The Morgan fingerprint density at radius 1 is 1.20 bits per heavy atom. The highest BCUT2D eigenvalue weighted by Gasteiger charge is 2.00. The lowest BCUT2D eigenvalue weighted by Gasteiger charge is -2.03. The maximum absolute atomic E-state index is 5.76. The van der Waals surface area contributed by atoms with Gasteiger partial charge < -0.3 is 4.74 Å². The maximum atomic E-state index is 5.76. The zero-order valence-corrected chi connectivity index (χ0v) is 9.73. The normalized spacial score (nSPS) is 10.0. The van der Waals surface area contributed by atoms with Crippen LogP contribution in [-0.2, 0) is 0 Å². The minimum atomic E-state index is 0.431. The van der Waals surface area contributed by atoms with Crippen LogP contribution in [0.2, 0.25) is 5.02 Å². The van der Waals surface area contributed by atoms with Gasteiger partial charge >= 0.3 is 0 Å². The van der Waals surface area contributed by atoms with Gasteiger partial charge in [-0.05, 0) is 15.9 Å². The Morgan fingerprint density at radius 2 is 2.07 bits per heavy atom. The van der Waals surface area contributed by atoms with Gasteiger partial charge in [-0.25, -0.2) is 9.97 Å². The molecule has 0 aliphatic rings. The lowest BCUT2D eigenvalue weighted by atomic mass is 10.4. The molecule has 0 unspecified atom stereocenters. The van der Waals surface area contributed by atoms with Crippen molar-refractivity contribution in [2.45, 2.75) is 0 Å². The van der Waals surface area contributed by atoms with E-state index in [2.05, 4.69) is 30.9 Å². The van der Waals surface area contributed by atoms with E-state index in [1.807, 2.05) is 0 Å². The molecule has 2 aromatic heterocycles. The molecule has 0 aliphatic heterocycles. The number of hydrogen-bond donors (Lipinski definition) is 0. The fourth-order valence-electron chi connectivity index (χ4n) is 0.942. The maximum Gasteiger partial charge on any atom is 0.223 e. The summed E-state index contributed by atoms with van der Waals surface area (Å²) in [5, 5.41) is 0.514. The van der Waals surface area contributed by atoms with Gasteiger partial charge in [-0.15, -0.1) is 0 Å². The van der Waals surface area contributed by atoms with Gasteiger partial charge in [0.2, 0.25) is 5.88 Å². The van der Waals surface area contributed by atoms with Gasteiger partial charge in [0, 0.05) is 18.3 Å². The van der Waals surface area contributed by atoms with Crippen molar-refractivity contribution in [3.8, 4) is 11.6 Å². The van der Waals surface area contributed by atoms with Crippen molar-refractivity contribution in [2.75, 3.05) is 0 Å². The summed E-state index contributed by atoms with van der Waals surface area (Å²) < 4.78 is 6.07. The molecule has 0 fully saturated rings. The standard InChI is InChI=1S/C9H5BrClN3O/c10-8-2-9(14-5-13-8)15-7-1-6(11)3-12-4-7/h1-5H. The Balaban J connectivity index is 2.22. The van der Waals surface area contributed by atoms with Crippen molar-refractivity contribution in [3.05, 3.63) is 40.5 Å². The Morgan fingerprint density at radius 3 is 2.80 bits per heavy atom. The molecular weight excluding hydrogens is 281 g/mol. The molecule has 0 bridgehead atoms. The highest BCUT2D eigenvalue weighted by Crippen LogP contribution is 2.22. The average Bonchev–Trinajstić information content (AvgIpc) is 2.17. The van der Waals surface area contributed by atoms with Crippen LogP contribution in [0.25, 0.3) is 0 Å². The number of pyridine rings is 1. The Labute approximate surface area is 99.4 Å². The molecule has 2 aromatic rings. The largest absolute Gasteiger partial charge is 0.437 e. The SMILES string of the molecule is Clc1cncc(Oc2cc(Br)ncn2)c1. The molecule has 0 aromatic carbocycles. The summed E-state index contributed by atoms with van der Waals surface area (Å²) in [6.45, 7) is 0. The Bertz CT molecular complexity index is 437. The number of rotatable bonds is 2. The van der Waals surface area contributed by atoms with Crippen LogP contribution < -0.4 is 4.74 Å². The summed E-state index contributed by atoms with van der Waals surface area (Å²) in [7, 11) is 0. The van der Waals surface area contributed by atoms with Crippen LogP contribution in [0.5, 0.6) is 11.6 Å². The topological polar surface area (TPSA) is 47.9 Å². The highest BCUT2D eigenvalue weighted by atomic mass is 79.9. The van der Waals surface area contributed by atoms with Crippen LogP contribution in [-0.4, -0.2) is 15.0 Å². The third-order valence-electron chi connectivity index (χ3n) is 1.51. The number of nitrogens with zero attached hydrogens (tertiary/aromatic N) is 3. The second-order valence-electron chi connectivity index (χ2n) is 2.62. The first-order chi connectivity index (χ1) is 7.24. The summed E-state index contributed by atoms with van der Waals surface area (Å²) >= 11 is 8.97. The van der Waals surface area contributed by atoms with Gasteiger partial charge in [-0.1, -0.05) is 11.6 Å². The number of ether oxygens (including phenoxy) is 1. The van der Waals surface area contributed by atoms with Crippen molar-refractivity contribution in [2.24, 2.45) is 0 Å². The first-order valence-corrected chi connectivity index (χ1v) is 5.17. The van der Waals surface area contributed by atoms with Crippen molar-refractivity contribution in [1.82, 2.24) is 15.0 Å². The zero-order chi connectivity index (χ0) is 10.7. The van der Waals surface area contributed by atoms with E-state index in [1.54, 1.807) is 18.3 Å². The summed E-state index contributed by atoms with van der Waals surface area (Å²) in [6, 6.07) is 3.31. The van der Waals surface area contributed by atoms with Gasteiger partial charge in [-0.2, -0.15) is 0 Å². The van der Waals surface area contributed by atoms with E-state index in [-0.39, 0.29) is 0 Å². The van der Waals surface area contributed by atoms with E-state index in [4.69, 9.17) is 16.3 Å². The predicted octanol–water partition coefficient (Wildman–Crippen LogP) is 3.08. The molecule has 0 saturated heterocycles. The molecule has 2 heterocycles. The average molecular weight is 287 g/mol. The number of aromatic nitrogens is 3. The molecule has 0 atom stereocenters. The van der Waals surface area contributed by atoms with Gasteiger partial charge in [0.15, 0.2) is 0 Å². The zero-order valence-electron chi connectivity index (χ0n) is 7.39. The lowest BCUT2D eigenvalue weighted by molar-refractivity contribution is 0.459. The molecule has 4 nitrogen and oxygen atoms in total. The monoisotopic (exact) mass is 285 g/mol. The molecule has 76 valence electrons. The predicted molar refractivity (Wildman–Crippen MR) is 59.1 cm³/mol. The summed E-state index contributed by atoms with van der Waals surface area (Å²) in [5.74, 6) is 0.967. The first kappa shape index (κ1) is 10.3. The van der Waals surface area contributed by atoms with Crippen molar-refractivity contribution < 1.29 is 4.74 Å². The van der Waals surface area contributed by atoms with Crippen molar-refractivity contribution >= 4 is 27.5 Å². The summed E-state index contributed by atoms with van der Waals surface area (Å²) in [4.78, 5) is 11.7. The third-order valence-corrected chi connectivity index (χ3v) is 2.15. The van der Waals surface area contributed by atoms with Crippen molar-refractivity contribution in [3.63, 3.8) is 0 Å². The van der Waals surface area contributed by atoms with E-state index in [9.17, 15) is 0 Å². The molecule has 0 amide bonds. The van der Waals surface area contributed by atoms with Crippen molar-refractivity contribution in [1.29, 1.82) is 0 Å². The smallest absolute Gasteiger partial charge is 0.223 e. The van der Waals surface area contributed by atoms with Crippen LogP contribution in [0, 0.1) is 0 Å². The molecule has 15 heavy (non-hydrogen) atoms. The van der Waals surface area contributed by atoms with E-state index >= 15 is 0 Å². The van der Waals surface area contributed by atoms with Crippen LogP contribution in [0.4, 0.5) is 0 Å². The summed E-state index contributed by atoms with van der Waals surface area (Å²) in [6.07, 6.45) is 4.49. The molecule has 6 heteroatoms. The minimum Gasteiger partial charge on any atom is -0.437 e. The Kier molecular flexibility index (Phi) is 3.13. The fourth-order valence-corrected chi connectivity index (χ4v) is 1.39. The van der Waals surface area contributed by atoms with Gasteiger partial charge in [0.25, 0.3) is 0 Å². The molecular formula is C9H5BrClN3O. The van der Waals surface area contributed by atoms with Crippen LogP contribution >= 0.6 is 27.5 Å². The molecule has 0 radical (unpaired) electrons. The van der Waals surface area contributed by atoms with E-state index in [0.29, 0.717) is 21.3 Å². The molecule has 0 N–H and O–H groups in total. The fraction of sp³-hybridized carbons (Fsp3) is 0. The number of halogens is 2. The lowest BCUT2D eigenvalue weighted by Crippen LogP contribution is -1.89. The van der Waals surface area contributed by atoms with Crippen LogP contribution in [0.15, 0.2) is 35.5 Å². The molecule has 0 saturated carbocycles. The van der Waals surface area contributed by atoms with Crippen LogP contribution in [0.3, 0.4) is 0 Å². The van der Waals surface area contributed by atoms with Crippen LogP contribution in [0.1, 0.15) is 0 Å².